The SMILES string of the molecule is C=CC[C@H]1C(=O)C[C@@H](C(=O)OC)[C@@H]1C#N. The quantitative estimate of drug-likeness (QED) is 0.513. The lowest BCUT2D eigenvalue weighted by Crippen LogP contribution is -2.22. The zero-order chi connectivity index (χ0) is 11.4. The number of ketones is 1. The van der Waals surface area contributed by atoms with Gasteiger partial charge in [0.25, 0.3) is 0 Å². The first kappa shape index (κ1) is 11.4. The minimum atomic E-state index is -0.600. The molecular formula is C11H13NO3. The second-order valence-corrected chi connectivity index (χ2v) is 3.59. The van der Waals surface area contributed by atoms with Crippen molar-refractivity contribution >= 4 is 11.8 Å². The number of esters is 1. The van der Waals surface area contributed by atoms with E-state index in [1.54, 1.807) is 6.08 Å². The zero-order valence-corrected chi connectivity index (χ0v) is 8.60. The standard InChI is InChI=1S/C11H13NO3/c1-3-4-7-9(6-12)8(5-10(7)13)11(14)15-2/h3,7-9H,1,4-5H2,2H3/t7-,8-,9-/m1/s1. The largest absolute Gasteiger partial charge is 0.469 e. The van der Waals surface area contributed by atoms with Crippen LogP contribution in [0.3, 0.4) is 0 Å². The van der Waals surface area contributed by atoms with E-state index >= 15 is 0 Å². The molecule has 1 aliphatic rings. The molecule has 0 amide bonds. The Bertz CT molecular complexity index is 329. The first-order valence-corrected chi connectivity index (χ1v) is 4.76. The van der Waals surface area contributed by atoms with Crippen molar-refractivity contribution in [1.29, 1.82) is 5.26 Å². The number of nitriles is 1. The predicted octanol–water partition coefficient (Wildman–Crippen LogP) is 1.08. The highest BCUT2D eigenvalue weighted by Crippen LogP contribution is 2.36. The third kappa shape index (κ3) is 2.07. The summed E-state index contributed by atoms with van der Waals surface area (Å²) in [6.45, 7) is 3.54. The lowest BCUT2D eigenvalue weighted by Gasteiger charge is -2.13. The van der Waals surface area contributed by atoms with E-state index in [2.05, 4.69) is 11.3 Å². The number of hydrogen-bond acceptors (Lipinski definition) is 4. The maximum Gasteiger partial charge on any atom is 0.310 e. The molecule has 1 saturated carbocycles. The number of Topliss-reactive ketones (excluding diaryl/α,β-unsaturated/α-hetero) is 1. The molecule has 3 atom stereocenters. The van der Waals surface area contributed by atoms with Crippen molar-refractivity contribution in [2.24, 2.45) is 17.8 Å². The fraction of sp³-hybridized carbons (Fsp3) is 0.545. The van der Waals surface area contributed by atoms with Crippen LogP contribution in [0.15, 0.2) is 12.7 Å². The number of allylic oxidation sites excluding steroid dienone is 1. The Morgan fingerprint density at radius 2 is 2.47 bits per heavy atom. The average molecular weight is 207 g/mol. The molecule has 0 aromatic carbocycles. The second kappa shape index (κ2) is 4.74. The van der Waals surface area contributed by atoms with Gasteiger partial charge in [-0.3, -0.25) is 9.59 Å². The van der Waals surface area contributed by atoms with Crippen molar-refractivity contribution in [2.45, 2.75) is 12.8 Å². The Balaban J connectivity index is 2.87. The number of ether oxygens (including phenoxy) is 1. The normalized spacial score (nSPS) is 29.6. The lowest BCUT2D eigenvalue weighted by molar-refractivity contribution is -0.146. The Hall–Kier alpha value is -1.63. The summed E-state index contributed by atoms with van der Waals surface area (Å²) in [6, 6.07) is 2.03. The monoisotopic (exact) mass is 207 g/mol. The lowest BCUT2D eigenvalue weighted by atomic mass is 9.88. The Labute approximate surface area is 88.5 Å². The molecule has 1 rings (SSSR count). The number of nitrogens with zero attached hydrogens (tertiary/aromatic N) is 1. The highest BCUT2D eigenvalue weighted by molar-refractivity contribution is 5.91. The fourth-order valence-electron chi connectivity index (χ4n) is 1.99. The second-order valence-electron chi connectivity index (χ2n) is 3.59. The number of carbonyl (C=O) groups is 2. The number of rotatable bonds is 3. The van der Waals surface area contributed by atoms with Crippen LogP contribution in [-0.2, 0) is 14.3 Å². The van der Waals surface area contributed by atoms with Gasteiger partial charge in [-0.15, -0.1) is 6.58 Å². The Kier molecular flexibility index (Phi) is 3.62. The molecule has 80 valence electrons. The van der Waals surface area contributed by atoms with Gasteiger partial charge in [0.2, 0.25) is 0 Å². The van der Waals surface area contributed by atoms with E-state index in [1.807, 2.05) is 6.07 Å². The molecule has 0 radical (unpaired) electrons. The first-order chi connectivity index (χ1) is 7.15. The molecular weight excluding hydrogens is 194 g/mol. The summed E-state index contributed by atoms with van der Waals surface area (Å²) < 4.78 is 4.57. The summed E-state index contributed by atoms with van der Waals surface area (Å²) in [5.41, 5.74) is 0. The molecule has 0 spiro atoms. The fourth-order valence-corrected chi connectivity index (χ4v) is 1.99. The molecule has 0 aromatic rings. The van der Waals surface area contributed by atoms with Crippen LogP contribution in [0.5, 0.6) is 0 Å². The van der Waals surface area contributed by atoms with E-state index in [4.69, 9.17) is 5.26 Å². The van der Waals surface area contributed by atoms with Crippen LogP contribution in [-0.4, -0.2) is 18.9 Å². The van der Waals surface area contributed by atoms with Crippen LogP contribution in [0.2, 0.25) is 0 Å². The summed E-state index contributed by atoms with van der Waals surface area (Å²) in [6.07, 6.45) is 2.17. The van der Waals surface area contributed by atoms with Crippen molar-refractivity contribution in [3.63, 3.8) is 0 Å². The van der Waals surface area contributed by atoms with Gasteiger partial charge in [-0.2, -0.15) is 5.26 Å². The molecule has 0 heterocycles. The molecule has 0 bridgehead atoms. The highest BCUT2D eigenvalue weighted by atomic mass is 16.5. The first-order valence-electron chi connectivity index (χ1n) is 4.76. The molecule has 0 aromatic heterocycles. The van der Waals surface area contributed by atoms with Gasteiger partial charge >= 0.3 is 5.97 Å². The van der Waals surface area contributed by atoms with Crippen molar-refractivity contribution < 1.29 is 14.3 Å². The van der Waals surface area contributed by atoms with E-state index in [-0.39, 0.29) is 12.2 Å². The summed E-state index contributed by atoms with van der Waals surface area (Å²) in [5, 5.41) is 8.95. The van der Waals surface area contributed by atoms with Crippen LogP contribution in [0.1, 0.15) is 12.8 Å². The van der Waals surface area contributed by atoms with Gasteiger partial charge in [-0.25, -0.2) is 0 Å². The highest BCUT2D eigenvalue weighted by Gasteiger charge is 2.45. The molecule has 0 saturated heterocycles. The third-order valence-corrected chi connectivity index (χ3v) is 2.78. The summed E-state index contributed by atoms with van der Waals surface area (Å²) in [5.74, 6) is -2.07. The maximum atomic E-state index is 11.6. The van der Waals surface area contributed by atoms with Crippen LogP contribution < -0.4 is 0 Å². The summed E-state index contributed by atoms with van der Waals surface area (Å²) in [7, 11) is 1.27. The Morgan fingerprint density at radius 1 is 1.80 bits per heavy atom. The van der Waals surface area contributed by atoms with Crippen molar-refractivity contribution in [3.8, 4) is 6.07 Å². The molecule has 4 nitrogen and oxygen atoms in total. The van der Waals surface area contributed by atoms with Gasteiger partial charge in [0.15, 0.2) is 0 Å². The molecule has 1 fully saturated rings. The van der Waals surface area contributed by atoms with Crippen molar-refractivity contribution in [3.05, 3.63) is 12.7 Å². The van der Waals surface area contributed by atoms with Gasteiger partial charge in [-0.1, -0.05) is 6.08 Å². The van der Waals surface area contributed by atoms with E-state index in [1.165, 1.54) is 7.11 Å². The van der Waals surface area contributed by atoms with Crippen molar-refractivity contribution in [2.75, 3.05) is 7.11 Å². The number of hydrogen-bond donors (Lipinski definition) is 0. The van der Waals surface area contributed by atoms with Crippen LogP contribution >= 0.6 is 0 Å². The van der Waals surface area contributed by atoms with Gasteiger partial charge < -0.3 is 4.74 Å². The predicted molar refractivity (Wildman–Crippen MR) is 52.5 cm³/mol. The van der Waals surface area contributed by atoms with Crippen LogP contribution in [0, 0.1) is 29.1 Å². The topological polar surface area (TPSA) is 67.2 Å². The van der Waals surface area contributed by atoms with Crippen molar-refractivity contribution in [1.82, 2.24) is 0 Å². The zero-order valence-electron chi connectivity index (χ0n) is 8.60. The van der Waals surface area contributed by atoms with Gasteiger partial charge in [0, 0.05) is 12.3 Å². The Morgan fingerprint density at radius 3 is 2.93 bits per heavy atom. The molecule has 15 heavy (non-hydrogen) atoms. The molecule has 0 N–H and O–H groups in total. The van der Waals surface area contributed by atoms with Crippen LogP contribution in [0.25, 0.3) is 0 Å². The van der Waals surface area contributed by atoms with Crippen LogP contribution in [0.4, 0.5) is 0 Å². The van der Waals surface area contributed by atoms with Gasteiger partial charge in [0.1, 0.15) is 5.78 Å². The minimum absolute atomic E-state index is 0.0446. The molecule has 1 aliphatic carbocycles. The molecule has 0 unspecified atom stereocenters. The van der Waals surface area contributed by atoms with E-state index < -0.39 is 23.7 Å². The number of methoxy groups -OCH3 is 1. The minimum Gasteiger partial charge on any atom is -0.469 e. The van der Waals surface area contributed by atoms with E-state index in [0.717, 1.165) is 0 Å². The summed E-state index contributed by atoms with van der Waals surface area (Å²) >= 11 is 0. The third-order valence-electron chi connectivity index (χ3n) is 2.78. The van der Waals surface area contributed by atoms with E-state index in [9.17, 15) is 9.59 Å². The van der Waals surface area contributed by atoms with Gasteiger partial charge in [0.05, 0.1) is 25.0 Å². The van der Waals surface area contributed by atoms with Gasteiger partial charge in [-0.05, 0) is 6.42 Å². The average Bonchev–Trinajstić information content (AvgIpc) is 2.55. The maximum absolute atomic E-state index is 11.6. The molecule has 4 heteroatoms. The molecule has 0 aliphatic heterocycles. The summed E-state index contributed by atoms with van der Waals surface area (Å²) in [4.78, 5) is 22.9. The smallest absolute Gasteiger partial charge is 0.310 e. The van der Waals surface area contributed by atoms with E-state index in [0.29, 0.717) is 6.42 Å². The number of carbonyl (C=O) groups excluding carboxylic acids is 2.